The number of hydrogen-bond acceptors (Lipinski definition) is 2. The zero-order valence-electron chi connectivity index (χ0n) is 9.96. The fourth-order valence-corrected chi connectivity index (χ4v) is 1.70. The molecule has 0 aliphatic heterocycles. The summed E-state index contributed by atoms with van der Waals surface area (Å²) in [4.78, 5) is 0. The van der Waals surface area contributed by atoms with Gasteiger partial charge in [0.25, 0.3) is 0 Å². The Bertz CT molecular complexity index is 231. The van der Waals surface area contributed by atoms with Crippen molar-refractivity contribution in [2.45, 2.75) is 52.0 Å². The minimum Gasteiger partial charge on any atom is -0.469 e. The van der Waals surface area contributed by atoms with Crippen LogP contribution in [0.15, 0.2) is 22.8 Å². The average Bonchev–Trinajstić information content (AvgIpc) is 2.70. The number of hydrogen-bond donors (Lipinski definition) is 1. The molecule has 0 aromatic carbocycles. The Balaban J connectivity index is 2.01. The minimum atomic E-state index is 0.512. The van der Waals surface area contributed by atoms with Gasteiger partial charge in [0.1, 0.15) is 5.76 Å². The van der Waals surface area contributed by atoms with Crippen LogP contribution in [0, 0.1) is 0 Å². The van der Waals surface area contributed by atoms with E-state index in [0.29, 0.717) is 6.04 Å². The van der Waals surface area contributed by atoms with Crippen LogP contribution >= 0.6 is 0 Å². The van der Waals surface area contributed by atoms with Gasteiger partial charge >= 0.3 is 0 Å². The second-order valence-corrected chi connectivity index (χ2v) is 4.20. The van der Waals surface area contributed by atoms with Crippen molar-refractivity contribution in [1.82, 2.24) is 5.32 Å². The molecular weight excluding hydrogens is 186 g/mol. The van der Waals surface area contributed by atoms with Gasteiger partial charge in [-0.2, -0.15) is 0 Å². The highest BCUT2D eigenvalue weighted by atomic mass is 16.3. The van der Waals surface area contributed by atoms with Crippen molar-refractivity contribution in [1.29, 1.82) is 0 Å². The predicted molar refractivity (Wildman–Crippen MR) is 64.0 cm³/mol. The number of unbranched alkanes of at least 4 members (excludes halogenated alkanes) is 3. The van der Waals surface area contributed by atoms with Gasteiger partial charge < -0.3 is 9.73 Å². The van der Waals surface area contributed by atoms with Crippen LogP contribution < -0.4 is 5.32 Å². The molecule has 0 saturated heterocycles. The average molecular weight is 209 g/mol. The molecule has 86 valence electrons. The molecule has 0 saturated carbocycles. The van der Waals surface area contributed by atoms with E-state index in [1.807, 2.05) is 12.1 Å². The highest BCUT2D eigenvalue weighted by Crippen LogP contribution is 2.04. The molecule has 0 fully saturated rings. The fourth-order valence-electron chi connectivity index (χ4n) is 1.70. The molecule has 0 aliphatic carbocycles. The quantitative estimate of drug-likeness (QED) is 0.664. The van der Waals surface area contributed by atoms with Gasteiger partial charge in [-0.05, 0) is 32.0 Å². The lowest BCUT2D eigenvalue weighted by molar-refractivity contribution is 0.451. The summed E-state index contributed by atoms with van der Waals surface area (Å²) in [5.41, 5.74) is 0. The molecule has 2 nitrogen and oxygen atoms in total. The highest BCUT2D eigenvalue weighted by Gasteiger charge is 2.03. The smallest absolute Gasteiger partial charge is 0.105 e. The van der Waals surface area contributed by atoms with E-state index in [0.717, 1.165) is 18.7 Å². The van der Waals surface area contributed by atoms with Crippen LogP contribution in [0.5, 0.6) is 0 Å². The van der Waals surface area contributed by atoms with Crippen LogP contribution in [-0.2, 0) is 6.42 Å². The molecule has 2 heteroatoms. The Morgan fingerprint density at radius 2 is 2.20 bits per heavy atom. The second kappa shape index (κ2) is 7.52. The third kappa shape index (κ3) is 5.63. The van der Waals surface area contributed by atoms with E-state index in [-0.39, 0.29) is 0 Å². The third-order valence-electron chi connectivity index (χ3n) is 2.61. The highest BCUT2D eigenvalue weighted by molar-refractivity contribution is 4.99. The van der Waals surface area contributed by atoms with Crippen LogP contribution in [-0.4, -0.2) is 12.6 Å². The van der Waals surface area contributed by atoms with Gasteiger partial charge in [-0.25, -0.2) is 0 Å². The molecule has 0 bridgehead atoms. The lowest BCUT2D eigenvalue weighted by atomic mass is 10.1. The van der Waals surface area contributed by atoms with E-state index in [2.05, 4.69) is 19.2 Å². The van der Waals surface area contributed by atoms with Crippen molar-refractivity contribution in [3.05, 3.63) is 24.2 Å². The summed E-state index contributed by atoms with van der Waals surface area (Å²) in [5.74, 6) is 1.07. The van der Waals surface area contributed by atoms with Gasteiger partial charge in [0.05, 0.1) is 6.26 Å². The van der Waals surface area contributed by atoms with Crippen molar-refractivity contribution in [3.63, 3.8) is 0 Å². The zero-order valence-corrected chi connectivity index (χ0v) is 9.96. The van der Waals surface area contributed by atoms with Crippen molar-refractivity contribution in [2.75, 3.05) is 6.54 Å². The second-order valence-electron chi connectivity index (χ2n) is 4.20. The summed E-state index contributed by atoms with van der Waals surface area (Å²) in [6.45, 7) is 5.58. The molecule has 1 heterocycles. The zero-order chi connectivity index (χ0) is 10.9. The lowest BCUT2D eigenvalue weighted by Crippen LogP contribution is -2.28. The van der Waals surface area contributed by atoms with Crippen molar-refractivity contribution in [3.8, 4) is 0 Å². The number of furan rings is 1. The molecule has 0 spiro atoms. The molecule has 1 unspecified atom stereocenters. The third-order valence-corrected chi connectivity index (χ3v) is 2.61. The van der Waals surface area contributed by atoms with E-state index in [1.165, 1.54) is 25.7 Å². The van der Waals surface area contributed by atoms with Crippen molar-refractivity contribution >= 4 is 0 Å². The van der Waals surface area contributed by atoms with Gasteiger partial charge in [-0.15, -0.1) is 0 Å². The Kier molecular flexibility index (Phi) is 6.17. The monoisotopic (exact) mass is 209 g/mol. The Morgan fingerprint density at radius 3 is 2.87 bits per heavy atom. The van der Waals surface area contributed by atoms with Gasteiger partial charge in [0.2, 0.25) is 0 Å². The first-order chi connectivity index (χ1) is 7.33. The van der Waals surface area contributed by atoms with Gasteiger partial charge in [-0.3, -0.25) is 0 Å². The Morgan fingerprint density at radius 1 is 1.33 bits per heavy atom. The summed E-state index contributed by atoms with van der Waals surface area (Å²) < 4.78 is 5.31. The van der Waals surface area contributed by atoms with Crippen LogP contribution in [0.3, 0.4) is 0 Å². The first-order valence-corrected chi connectivity index (χ1v) is 6.08. The molecule has 15 heavy (non-hydrogen) atoms. The summed E-state index contributed by atoms with van der Waals surface area (Å²) in [5, 5.41) is 3.52. The van der Waals surface area contributed by atoms with E-state index >= 15 is 0 Å². The molecule has 1 atom stereocenters. The molecule has 0 radical (unpaired) electrons. The molecule has 1 aromatic heterocycles. The summed E-state index contributed by atoms with van der Waals surface area (Å²) in [6, 6.07) is 4.50. The molecule has 1 aromatic rings. The van der Waals surface area contributed by atoms with E-state index in [4.69, 9.17) is 4.42 Å². The maximum Gasteiger partial charge on any atom is 0.105 e. The number of nitrogens with one attached hydrogen (secondary N) is 1. The SMILES string of the molecule is CCCCCCNC(C)Cc1ccco1. The molecule has 0 amide bonds. The van der Waals surface area contributed by atoms with Gasteiger partial charge in [-0.1, -0.05) is 26.2 Å². The van der Waals surface area contributed by atoms with E-state index in [9.17, 15) is 0 Å². The van der Waals surface area contributed by atoms with E-state index in [1.54, 1.807) is 6.26 Å². The Hall–Kier alpha value is -0.760. The largest absolute Gasteiger partial charge is 0.469 e. The minimum absolute atomic E-state index is 0.512. The molecule has 1 N–H and O–H groups in total. The molecular formula is C13H23NO. The normalized spacial score (nSPS) is 12.9. The Labute approximate surface area is 93.1 Å². The van der Waals surface area contributed by atoms with Crippen LogP contribution in [0.1, 0.15) is 45.3 Å². The first-order valence-electron chi connectivity index (χ1n) is 6.08. The van der Waals surface area contributed by atoms with Gasteiger partial charge in [0.15, 0.2) is 0 Å². The fraction of sp³-hybridized carbons (Fsp3) is 0.692. The topological polar surface area (TPSA) is 25.2 Å². The van der Waals surface area contributed by atoms with Crippen molar-refractivity contribution < 1.29 is 4.42 Å². The summed E-state index contributed by atoms with van der Waals surface area (Å²) in [6.07, 6.45) is 8.02. The predicted octanol–water partition coefficient (Wildman–Crippen LogP) is 3.38. The van der Waals surface area contributed by atoms with Crippen molar-refractivity contribution in [2.24, 2.45) is 0 Å². The maximum atomic E-state index is 5.31. The summed E-state index contributed by atoms with van der Waals surface area (Å²) in [7, 11) is 0. The van der Waals surface area contributed by atoms with Gasteiger partial charge in [0, 0.05) is 12.5 Å². The lowest BCUT2D eigenvalue weighted by Gasteiger charge is -2.11. The van der Waals surface area contributed by atoms with E-state index < -0.39 is 0 Å². The standard InChI is InChI=1S/C13H23NO/c1-3-4-5-6-9-14-12(2)11-13-8-7-10-15-13/h7-8,10,12,14H,3-6,9,11H2,1-2H3. The molecule has 1 rings (SSSR count). The maximum absolute atomic E-state index is 5.31. The van der Waals surface area contributed by atoms with Crippen LogP contribution in [0.2, 0.25) is 0 Å². The molecule has 0 aliphatic rings. The van der Waals surface area contributed by atoms with Crippen LogP contribution in [0.4, 0.5) is 0 Å². The summed E-state index contributed by atoms with van der Waals surface area (Å²) >= 11 is 0. The van der Waals surface area contributed by atoms with Crippen LogP contribution in [0.25, 0.3) is 0 Å². The number of rotatable bonds is 8. The first kappa shape index (κ1) is 12.3.